The molecule has 0 atom stereocenters. The predicted octanol–water partition coefficient (Wildman–Crippen LogP) is 3.42. The minimum atomic E-state index is 0.589. The van der Waals surface area contributed by atoms with Gasteiger partial charge in [-0.15, -0.1) is 11.6 Å². The summed E-state index contributed by atoms with van der Waals surface area (Å²) in [5.41, 5.74) is 3.39. The first-order chi connectivity index (χ1) is 6.26. The smallest absolute Gasteiger partial charge is 0.0629 e. The number of aromatic nitrogens is 1. The Kier molecular flexibility index (Phi) is 3.97. The molecule has 0 aliphatic heterocycles. The summed E-state index contributed by atoms with van der Waals surface area (Å²) in [6.07, 6.45) is 4.90. The van der Waals surface area contributed by atoms with Gasteiger partial charge in [-0.2, -0.15) is 0 Å². The molecule has 0 N–H and O–H groups in total. The number of hydrogen-bond donors (Lipinski definition) is 0. The van der Waals surface area contributed by atoms with E-state index in [-0.39, 0.29) is 0 Å². The summed E-state index contributed by atoms with van der Waals surface area (Å²) in [7, 11) is 0. The molecule has 0 bridgehead atoms. The fourth-order valence-electron chi connectivity index (χ4n) is 1.01. The van der Waals surface area contributed by atoms with E-state index in [0.29, 0.717) is 5.88 Å². The third kappa shape index (κ3) is 3.19. The van der Waals surface area contributed by atoms with Crippen LogP contribution in [-0.2, 0) is 0 Å². The summed E-state index contributed by atoms with van der Waals surface area (Å²) in [5, 5.41) is 0. The zero-order valence-corrected chi connectivity index (χ0v) is 8.80. The molecular weight excluding hydrogens is 182 g/mol. The van der Waals surface area contributed by atoms with E-state index in [4.69, 9.17) is 11.6 Å². The maximum Gasteiger partial charge on any atom is 0.0629 e. The van der Waals surface area contributed by atoms with Gasteiger partial charge in [0.25, 0.3) is 0 Å². The second kappa shape index (κ2) is 5.03. The van der Waals surface area contributed by atoms with Crippen molar-refractivity contribution in [2.75, 3.05) is 5.88 Å². The van der Waals surface area contributed by atoms with Crippen LogP contribution in [0.2, 0.25) is 0 Å². The van der Waals surface area contributed by atoms with Crippen LogP contribution < -0.4 is 0 Å². The number of pyridine rings is 1. The van der Waals surface area contributed by atoms with Crippen molar-refractivity contribution in [2.24, 2.45) is 0 Å². The van der Waals surface area contributed by atoms with Crippen LogP contribution >= 0.6 is 11.6 Å². The van der Waals surface area contributed by atoms with E-state index in [9.17, 15) is 0 Å². The zero-order chi connectivity index (χ0) is 9.68. The number of rotatable bonds is 3. The van der Waals surface area contributed by atoms with Crippen molar-refractivity contribution < 1.29 is 0 Å². The summed E-state index contributed by atoms with van der Waals surface area (Å²) < 4.78 is 0. The van der Waals surface area contributed by atoms with Crippen LogP contribution in [0.25, 0.3) is 6.08 Å². The Morgan fingerprint density at radius 3 is 2.77 bits per heavy atom. The summed E-state index contributed by atoms with van der Waals surface area (Å²) in [6, 6.07) is 4.07. The Morgan fingerprint density at radius 1 is 1.54 bits per heavy atom. The van der Waals surface area contributed by atoms with Gasteiger partial charge in [-0.3, -0.25) is 4.98 Å². The molecule has 0 fully saturated rings. The molecule has 2 heteroatoms. The molecule has 0 radical (unpaired) electrons. The largest absolute Gasteiger partial charge is 0.257 e. The first-order valence-corrected chi connectivity index (χ1v) is 4.97. The highest BCUT2D eigenvalue weighted by molar-refractivity contribution is 6.19. The van der Waals surface area contributed by atoms with Crippen LogP contribution in [0.15, 0.2) is 23.9 Å². The first kappa shape index (κ1) is 10.3. The highest BCUT2D eigenvalue weighted by atomic mass is 35.5. The molecule has 0 aliphatic carbocycles. The van der Waals surface area contributed by atoms with E-state index in [2.05, 4.69) is 18.0 Å². The summed E-state index contributed by atoms with van der Waals surface area (Å²) in [6.45, 7) is 4.13. The van der Waals surface area contributed by atoms with E-state index in [1.54, 1.807) is 0 Å². The molecule has 1 nitrogen and oxygen atoms in total. The summed E-state index contributed by atoms with van der Waals surface area (Å²) in [4.78, 5) is 4.28. The fraction of sp³-hybridized carbons (Fsp3) is 0.364. The molecule has 0 aromatic carbocycles. The van der Waals surface area contributed by atoms with Gasteiger partial charge in [-0.25, -0.2) is 0 Å². The molecule has 70 valence electrons. The van der Waals surface area contributed by atoms with E-state index >= 15 is 0 Å². The molecule has 0 amide bonds. The predicted molar refractivity (Wildman–Crippen MR) is 58.0 cm³/mol. The van der Waals surface area contributed by atoms with Crippen molar-refractivity contribution in [1.82, 2.24) is 4.98 Å². The lowest BCUT2D eigenvalue weighted by Gasteiger charge is -1.99. The number of aryl methyl sites for hydroxylation is 1. The highest BCUT2D eigenvalue weighted by Crippen LogP contribution is 2.09. The SMILES string of the molecule is CC/C(=C/c1ccc(C)cn1)CCl. The van der Waals surface area contributed by atoms with Crippen molar-refractivity contribution in [3.63, 3.8) is 0 Å². The molecule has 0 aliphatic rings. The summed E-state index contributed by atoms with van der Waals surface area (Å²) in [5.74, 6) is 0.589. The fourth-order valence-corrected chi connectivity index (χ4v) is 1.28. The van der Waals surface area contributed by atoms with E-state index in [1.807, 2.05) is 25.3 Å². The van der Waals surface area contributed by atoms with Gasteiger partial charge in [0, 0.05) is 12.1 Å². The molecule has 1 heterocycles. The average Bonchev–Trinajstić information content (AvgIpc) is 2.17. The van der Waals surface area contributed by atoms with Gasteiger partial charge in [-0.1, -0.05) is 18.6 Å². The topological polar surface area (TPSA) is 12.9 Å². The second-order valence-corrected chi connectivity index (χ2v) is 3.32. The van der Waals surface area contributed by atoms with Crippen molar-refractivity contribution in [2.45, 2.75) is 20.3 Å². The van der Waals surface area contributed by atoms with Gasteiger partial charge in [0.15, 0.2) is 0 Å². The van der Waals surface area contributed by atoms with E-state index in [1.165, 1.54) is 11.1 Å². The standard InChI is InChI=1S/C11H14ClN/c1-3-10(7-12)6-11-5-4-9(2)8-13-11/h4-6,8H,3,7H2,1-2H3/b10-6-. The first-order valence-electron chi connectivity index (χ1n) is 4.44. The molecule has 0 spiro atoms. The van der Waals surface area contributed by atoms with Crippen LogP contribution in [0.3, 0.4) is 0 Å². The van der Waals surface area contributed by atoms with Gasteiger partial charge in [-0.05, 0) is 31.1 Å². The Bertz CT molecular complexity index is 281. The minimum absolute atomic E-state index is 0.589. The quantitative estimate of drug-likeness (QED) is 0.674. The molecule has 1 aromatic rings. The van der Waals surface area contributed by atoms with E-state index in [0.717, 1.165) is 12.1 Å². The Labute approximate surface area is 84.5 Å². The number of hydrogen-bond acceptors (Lipinski definition) is 1. The van der Waals surface area contributed by atoms with Crippen LogP contribution in [0, 0.1) is 6.92 Å². The van der Waals surface area contributed by atoms with Gasteiger partial charge < -0.3 is 0 Å². The van der Waals surface area contributed by atoms with Gasteiger partial charge in [0.05, 0.1) is 5.69 Å². The van der Waals surface area contributed by atoms with Crippen molar-refractivity contribution in [3.05, 3.63) is 35.2 Å². The Morgan fingerprint density at radius 2 is 2.31 bits per heavy atom. The normalized spacial score (nSPS) is 11.8. The van der Waals surface area contributed by atoms with Crippen molar-refractivity contribution in [3.8, 4) is 0 Å². The van der Waals surface area contributed by atoms with Gasteiger partial charge >= 0.3 is 0 Å². The van der Waals surface area contributed by atoms with Crippen LogP contribution in [0.4, 0.5) is 0 Å². The van der Waals surface area contributed by atoms with Crippen LogP contribution in [-0.4, -0.2) is 10.9 Å². The lowest BCUT2D eigenvalue weighted by Crippen LogP contribution is -1.86. The number of alkyl halides is 1. The molecule has 1 rings (SSSR count). The number of allylic oxidation sites excluding steroid dienone is 1. The third-order valence-electron chi connectivity index (χ3n) is 1.91. The lowest BCUT2D eigenvalue weighted by molar-refractivity contribution is 1.11. The van der Waals surface area contributed by atoms with Crippen LogP contribution in [0.5, 0.6) is 0 Å². The Balaban J connectivity index is 2.84. The maximum atomic E-state index is 5.75. The molecule has 13 heavy (non-hydrogen) atoms. The van der Waals surface area contributed by atoms with Crippen molar-refractivity contribution >= 4 is 17.7 Å². The van der Waals surface area contributed by atoms with E-state index < -0.39 is 0 Å². The number of halogens is 1. The zero-order valence-electron chi connectivity index (χ0n) is 8.05. The van der Waals surface area contributed by atoms with Crippen LogP contribution in [0.1, 0.15) is 24.6 Å². The van der Waals surface area contributed by atoms with Gasteiger partial charge in [0.2, 0.25) is 0 Å². The molecular formula is C11H14ClN. The minimum Gasteiger partial charge on any atom is -0.257 e. The van der Waals surface area contributed by atoms with Gasteiger partial charge in [0.1, 0.15) is 0 Å². The number of nitrogens with zero attached hydrogens (tertiary/aromatic N) is 1. The molecule has 0 saturated carbocycles. The third-order valence-corrected chi connectivity index (χ3v) is 2.26. The molecule has 0 unspecified atom stereocenters. The Hall–Kier alpha value is -0.820. The molecule has 1 aromatic heterocycles. The van der Waals surface area contributed by atoms with Crippen molar-refractivity contribution in [1.29, 1.82) is 0 Å². The second-order valence-electron chi connectivity index (χ2n) is 3.05. The maximum absolute atomic E-state index is 5.75. The monoisotopic (exact) mass is 195 g/mol. The summed E-state index contributed by atoms with van der Waals surface area (Å²) >= 11 is 5.75. The average molecular weight is 196 g/mol. The molecule has 0 saturated heterocycles. The highest BCUT2D eigenvalue weighted by Gasteiger charge is 1.93. The lowest BCUT2D eigenvalue weighted by atomic mass is 10.2.